The van der Waals surface area contributed by atoms with Crippen molar-refractivity contribution in [1.82, 2.24) is 16.0 Å². The molecule has 0 rings (SSSR count). The minimum atomic E-state index is -0.800. The van der Waals surface area contributed by atoms with Crippen LogP contribution in [0.4, 0.5) is 14.4 Å². The van der Waals surface area contributed by atoms with Crippen LogP contribution in [-0.2, 0) is 19.0 Å². The van der Waals surface area contributed by atoms with Crippen LogP contribution in [0.2, 0.25) is 0 Å². The molecular weight excluding hydrogens is 432 g/mol. The van der Waals surface area contributed by atoms with E-state index in [1.807, 2.05) is 0 Å². The van der Waals surface area contributed by atoms with E-state index in [2.05, 4.69) is 20.9 Å². The predicted octanol–water partition coefficient (Wildman–Crippen LogP) is 3.65. The van der Waals surface area contributed by atoms with Crippen LogP contribution in [0, 0.1) is 0 Å². The van der Waals surface area contributed by atoms with Crippen molar-refractivity contribution in [3.8, 4) is 0 Å². The Labute approximate surface area is 196 Å². The summed E-state index contributed by atoms with van der Waals surface area (Å²) in [7, 11) is 0. The zero-order chi connectivity index (χ0) is 26.0. The molecule has 1 atom stereocenters. The summed E-state index contributed by atoms with van der Waals surface area (Å²) in [5, 5.41) is 7.30. The summed E-state index contributed by atoms with van der Waals surface area (Å²) in [5.74, 6) is -0.387. The van der Waals surface area contributed by atoms with Crippen molar-refractivity contribution >= 4 is 30.0 Å². The number of alkyl carbamates (subject to hydrolysis) is 3. The number of carbonyl (C=O) groups excluding carboxylic acids is 4. The van der Waals surface area contributed by atoms with Crippen molar-refractivity contribution in [2.75, 3.05) is 6.54 Å². The highest BCUT2D eigenvalue weighted by Gasteiger charge is 2.23. The summed E-state index contributed by atoms with van der Waals surface area (Å²) in [4.78, 5) is 52.2. The van der Waals surface area contributed by atoms with Crippen molar-refractivity contribution < 1.29 is 33.4 Å². The largest absolute Gasteiger partial charge is 0.444 e. The highest BCUT2D eigenvalue weighted by atomic mass is 16.6. The average molecular weight is 473 g/mol. The molecule has 11 nitrogen and oxygen atoms in total. The molecule has 0 aromatic rings. The molecule has 190 valence electrons. The van der Waals surface area contributed by atoms with Gasteiger partial charge in [-0.2, -0.15) is 0 Å². The highest BCUT2D eigenvalue weighted by molar-refractivity contribution is 6.01. The second kappa shape index (κ2) is 12.4. The van der Waals surface area contributed by atoms with Gasteiger partial charge in [0.2, 0.25) is 5.96 Å². The first-order valence-electron chi connectivity index (χ1n) is 10.8. The van der Waals surface area contributed by atoms with Crippen LogP contribution in [0.25, 0.3) is 0 Å². The number of hydrogen-bond donors (Lipinski definition) is 3. The fraction of sp³-hybridized carbons (Fsp3) is 0.773. The molecule has 0 bridgehead atoms. The van der Waals surface area contributed by atoms with Gasteiger partial charge in [0.05, 0.1) is 6.04 Å². The van der Waals surface area contributed by atoms with Crippen LogP contribution in [0.1, 0.15) is 82.1 Å². The number of hydrogen-bond acceptors (Lipinski definition) is 8. The monoisotopic (exact) mass is 472 g/mol. The maximum Gasteiger partial charge on any atom is 0.414 e. The molecule has 0 aromatic carbocycles. The standard InChI is InChI=1S/C22H40N4O7/c1-14(27)15(24-17(28)31-20(2,3)4)12-11-13-23-16(25-18(29)32-21(5,6)7)26-19(30)33-22(8,9)10/h15H,11-13H2,1-10H3,(H,24,28)(H2,23,25,26,29,30). The molecule has 0 aromatic heterocycles. The zero-order valence-corrected chi connectivity index (χ0v) is 21.5. The molecule has 0 saturated heterocycles. The smallest absolute Gasteiger partial charge is 0.414 e. The van der Waals surface area contributed by atoms with Crippen LogP contribution in [0.5, 0.6) is 0 Å². The Hall–Kier alpha value is -2.85. The van der Waals surface area contributed by atoms with Crippen molar-refractivity contribution in [2.45, 2.75) is 105 Å². The molecule has 3 N–H and O–H groups in total. The number of aliphatic imine (C=N–C) groups is 1. The van der Waals surface area contributed by atoms with E-state index in [-0.39, 0.29) is 24.7 Å². The lowest BCUT2D eigenvalue weighted by atomic mass is 10.1. The minimum Gasteiger partial charge on any atom is -0.444 e. The molecule has 3 amide bonds. The normalized spacial score (nSPS) is 12.7. The lowest BCUT2D eigenvalue weighted by molar-refractivity contribution is -0.119. The van der Waals surface area contributed by atoms with Crippen molar-refractivity contribution in [3.05, 3.63) is 0 Å². The predicted molar refractivity (Wildman–Crippen MR) is 124 cm³/mol. The second-order valence-electron chi connectivity index (χ2n) is 10.4. The van der Waals surface area contributed by atoms with Gasteiger partial charge in [-0.15, -0.1) is 0 Å². The Balaban J connectivity index is 5.10. The summed E-state index contributed by atoms with van der Waals surface area (Å²) in [5.41, 5.74) is -2.18. The third-order valence-electron chi connectivity index (χ3n) is 3.34. The summed E-state index contributed by atoms with van der Waals surface area (Å²) in [6.07, 6.45) is -1.64. The summed E-state index contributed by atoms with van der Waals surface area (Å²) in [6.45, 7) is 16.9. The number of rotatable bonds is 6. The number of ether oxygens (including phenoxy) is 3. The molecule has 0 radical (unpaired) electrons. The Morgan fingerprint density at radius 2 is 1.12 bits per heavy atom. The number of carbonyl (C=O) groups is 4. The van der Waals surface area contributed by atoms with Crippen molar-refractivity contribution in [1.29, 1.82) is 0 Å². The van der Waals surface area contributed by atoms with E-state index < -0.39 is 41.1 Å². The SMILES string of the molecule is CC(=O)C(CCCN=C(NC(=O)OC(C)(C)C)NC(=O)OC(C)(C)C)NC(=O)OC(C)(C)C. The van der Waals surface area contributed by atoms with E-state index >= 15 is 0 Å². The van der Waals surface area contributed by atoms with E-state index in [0.29, 0.717) is 6.42 Å². The summed E-state index contributed by atoms with van der Waals surface area (Å²) < 4.78 is 15.5. The van der Waals surface area contributed by atoms with Gasteiger partial charge in [0.15, 0.2) is 5.78 Å². The number of nitrogens with one attached hydrogen (secondary N) is 3. The van der Waals surface area contributed by atoms with Gasteiger partial charge in [-0.1, -0.05) is 0 Å². The van der Waals surface area contributed by atoms with Gasteiger partial charge in [0.1, 0.15) is 16.8 Å². The molecule has 0 aliphatic carbocycles. The first-order chi connectivity index (χ1) is 14.8. The lowest BCUT2D eigenvalue weighted by Crippen LogP contribution is -2.47. The van der Waals surface area contributed by atoms with E-state index in [0.717, 1.165) is 0 Å². The van der Waals surface area contributed by atoms with Gasteiger partial charge >= 0.3 is 18.3 Å². The molecule has 0 aliphatic heterocycles. The first-order valence-corrected chi connectivity index (χ1v) is 10.8. The molecule has 0 spiro atoms. The van der Waals surface area contributed by atoms with Gasteiger partial charge in [-0.05, 0) is 82.1 Å². The van der Waals surface area contributed by atoms with Crippen LogP contribution in [-0.4, -0.2) is 59.4 Å². The average Bonchev–Trinajstić information content (AvgIpc) is 2.51. The first kappa shape index (κ1) is 30.1. The van der Waals surface area contributed by atoms with Crippen LogP contribution >= 0.6 is 0 Å². The fourth-order valence-electron chi connectivity index (χ4n) is 2.22. The van der Waals surface area contributed by atoms with Gasteiger partial charge < -0.3 is 19.5 Å². The second-order valence-corrected chi connectivity index (χ2v) is 10.4. The van der Waals surface area contributed by atoms with Gasteiger partial charge in [-0.25, -0.2) is 14.4 Å². The van der Waals surface area contributed by atoms with Crippen LogP contribution in [0.3, 0.4) is 0 Å². The van der Waals surface area contributed by atoms with Crippen LogP contribution < -0.4 is 16.0 Å². The molecule has 0 saturated carbocycles. The number of guanidine groups is 1. The third kappa shape index (κ3) is 17.4. The molecule has 0 heterocycles. The number of ketones is 1. The maximum absolute atomic E-state index is 12.1. The zero-order valence-electron chi connectivity index (χ0n) is 21.5. The van der Waals surface area contributed by atoms with E-state index in [1.54, 1.807) is 62.3 Å². The fourth-order valence-corrected chi connectivity index (χ4v) is 2.22. The van der Waals surface area contributed by atoms with Crippen molar-refractivity contribution in [2.24, 2.45) is 4.99 Å². The maximum atomic E-state index is 12.1. The van der Waals surface area contributed by atoms with E-state index in [1.165, 1.54) is 6.92 Å². The molecule has 0 fully saturated rings. The summed E-state index contributed by atoms with van der Waals surface area (Å²) >= 11 is 0. The van der Waals surface area contributed by atoms with E-state index in [9.17, 15) is 19.2 Å². The minimum absolute atomic E-state index is 0.140. The highest BCUT2D eigenvalue weighted by Crippen LogP contribution is 2.09. The molecule has 1 unspecified atom stereocenters. The van der Waals surface area contributed by atoms with Crippen molar-refractivity contribution in [3.63, 3.8) is 0 Å². The Kier molecular flexibility index (Phi) is 11.3. The number of nitrogens with zero attached hydrogens (tertiary/aromatic N) is 1. The Morgan fingerprint density at radius 1 is 0.727 bits per heavy atom. The van der Waals surface area contributed by atoms with E-state index in [4.69, 9.17) is 14.2 Å². The van der Waals surface area contributed by atoms with Gasteiger partial charge in [0, 0.05) is 6.54 Å². The Bertz CT molecular complexity index is 696. The topological polar surface area (TPSA) is 144 Å². The number of Topliss-reactive ketones (excluding diaryl/α,β-unsaturated/α-hetero) is 1. The van der Waals surface area contributed by atoms with Gasteiger partial charge in [0.25, 0.3) is 0 Å². The number of amides is 3. The summed E-state index contributed by atoms with van der Waals surface area (Å²) in [6, 6.07) is -0.754. The third-order valence-corrected chi connectivity index (χ3v) is 3.34. The molecule has 11 heteroatoms. The molecular formula is C22H40N4O7. The molecule has 33 heavy (non-hydrogen) atoms. The van der Waals surface area contributed by atoms with Crippen LogP contribution in [0.15, 0.2) is 4.99 Å². The van der Waals surface area contributed by atoms with Gasteiger partial charge in [-0.3, -0.25) is 20.4 Å². The molecule has 0 aliphatic rings. The lowest BCUT2D eigenvalue weighted by Gasteiger charge is -2.23. The Morgan fingerprint density at radius 3 is 1.48 bits per heavy atom. The quantitative estimate of drug-likeness (QED) is 0.231.